The lowest BCUT2D eigenvalue weighted by Crippen LogP contribution is -2.38. The van der Waals surface area contributed by atoms with Crippen LogP contribution < -0.4 is 9.47 Å². The highest BCUT2D eigenvalue weighted by Crippen LogP contribution is 2.49. The Morgan fingerprint density at radius 3 is 2.31 bits per heavy atom. The molecule has 1 heterocycles. The number of ether oxygens (including phenoxy) is 2. The highest BCUT2D eigenvalue weighted by molar-refractivity contribution is 14.1. The predicted octanol–water partition coefficient (Wildman–Crippen LogP) is 4.41. The number of hydrazone groups is 1. The molecule has 2 aromatic rings. The van der Waals surface area contributed by atoms with Crippen LogP contribution in [0, 0.1) is 27.2 Å². The molecule has 7 heteroatoms. The van der Waals surface area contributed by atoms with E-state index >= 15 is 0 Å². The second-order valence-corrected chi connectivity index (χ2v) is 9.54. The molecule has 1 saturated heterocycles. The number of amides is 2. The number of imide groups is 1. The molecule has 6 nitrogen and oxygen atoms in total. The Bertz CT molecular complexity index is 1080. The number of benzene rings is 2. The van der Waals surface area contributed by atoms with Crippen LogP contribution in [0.3, 0.4) is 0 Å². The average molecular weight is 542 g/mol. The van der Waals surface area contributed by atoms with Crippen LogP contribution in [0.1, 0.15) is 24.0 Å². The Kier molecular flexibility index (Phi) is 5.75. The van der Waals surface area contributed by atoms with Crippen molar-refractivity contribution in [3.63, 3.8) is 0 Å². The fourth-order valence-electron chi connectivity index (χ4n) is 4.98. The molecule has 3 aliphatic carbocycles. The zero-order valence-electron chi connectivity index (χ0n) is 17.6. The Labute approximate surface area is 200 Å². The van der Waals surface area contributed by atoms with E-state index in [0.29, 0.717) is 18.1 Å². The Morgan fingerprint density at radius 2 is 1.72 bits per heavy atom. The molecule has 1 aliphatic heterocycles. The van der Waals surface area contributed by atoms with Gasteiger partial charge in [0.25, 0.3) is 11.8 Å². The molecule has 164 valence electrons. The summed E-state index contributed by atoms with van der Waals surface area (Å²) in [5.74, 6) is 0.658. The molecule has 1 saturated carbocycles. The second kappa shape index (κ2) is 8.69. The third-order valence-electron chi connectivity index (χ3n) is 6.54. The lowest BCUT2D eigenvalue weighted by Gasteiger charge is -2.37. The second-order valence-electron chi connectivity index (χ2n) is 8.38. The molecule has 2 bridgehead atoms. The fraction of sp³-hybridized carbons (Fsp3) is 0.320. The van der Waals surface area contributed by atoms with Crippen molar-refractivity contribution in [1.82, 2.24) is 5.01 Å². The van der Waals surface area contributed by atoms with Crippen LogP contribution in [0.4, 0.5) is 0 Å². The van der Waals surface area contributed by atoms with Gasteiger partial charge in [-0.2, -0.15) is 10.1 Å². The van der Waals surface area contributed by atoms with Gasteiger partial charge in [-0.1, -0.05) is 42.5 Å². The van der Waals surface area contributed by atoms with Crippen LogP contribution in [0.15, 0.2) is 59.7 Å². The molecule has 6 rings (SSSR count). The zero-order chi connectivity index (χ0) is 22.2. The number of halogens is 1. The monoisotopic (exact) mass is 542 g/mol. The van der Waals surface area contributed by atoms with E-state index in [1.807, 2.05) is 36.4 Å². The van der Waals surface area contributed by atoms with E-state index in [0.717, 1.165) is 32.5 Å². The normalized spacial score (nSPS) is 26.1. The van der Waals surface area contributed by atoms with Gasteiger partial charge in [0.2, 0.25) is 0 Å². The van der Waals surface area contributed by atoms with Gasteiger partial charge in [-0.25, -0.2) is 0 Å². The highest BCUT2D eigenvalue weighted by atomic mass is 127. The summed E-state index contributed by atoms with van der Waals surface area (Å²) in [6.07, 6.45) is 7.70. The molecule has 2 fully saturated rings. The van der Waals surface area contributed by atoms with Crippen LogP contribution in [0.25, 0.3) is 0 Å². The third kappa shape index (κ3) is 3.72. The van der Waals surface area contributed by atoms with Crippen LogP contribution in [0.2, 0.25) is 0 Å². The van der Waals surface area contributed by atoms with E-state index in [1.54, 1.807) is 19.4 Å². The third-order valence-corrected chi connectivity index (χ3v) is 7.34. The Balaban J connectivity index is 1.35. The van der Waals surface area contributed by atoms with Crippen molar-refractivity contribution in [2.75, 3.05) is 7.11 Å². The number of nitrogens with zero attached hydrogens (tertiary/aromatic N) is 2. The van der Waals surface area contributed by atoms with Crippen molar-refractivity contribution in [2.24, 2.45) is 28.8 Å². The first-order chi connectivity index (χ1) is 15.6. The molecule has 2 amide bonds. The first-order valence-corrected chi connectivity index (χ1v) is 11.8. The van der Waals surface area contributed by atoms with Crippen molar-refractivity contribution >= 4 is 40.6 Å². The highest BCUT2D eigenvalue weighted by Gasteiger charge is 2.56. The van der Waals surface area contributed by atoms with Gasteiger partial charge in [0.1, 0.15) is 6.61 Å². The molecule has 0 radical (unpaired) electrons. The summed E-state index contributed by atoms with van der Waals surface area (Å²) in [5.41, 5.74) is 1.79. The maximum absolute atomic E-state index is 12.9. The largest absolute Gasteiger partial charge is 0.493 e. The molecule has 2 aromatic carbocycles. The summed E-state index contributed by atoms with van der Waals surface area (Å²) in [5, 5.41) is 5.37. The lowest BCUT2D eigenvalue weighted by atomic mass is 9.63. The van der Waals surface area contributed by atoms with Gasteiger partial charge in [-0.15, -0.1) is 0 Å². The Morgan fingerprint density at radius 1 is 1.06 bits per heavy atom. The van der Waals surface area contributed by atoms with Crippen LogP contribution in [-0.4, -0.2) is 30.1 Å². The molecule has 0 unspecified atom stereocenters. The molecular weight excluding hydrogens is 519 g/mol. The van der Waals surface area contributed by atoms with Gasteiger partial charge in [0, 0.05) is 0 Å². The van der Waals surface area contributed by atoms with E-state index in [1.165, 1.54) is 0 Å². The van der Waals surface area contributed by atoms with Gasteiger partial charge in [0.05, 0.1) is 28.7 Å². The smallest absolute Gasteiger partial charge is 0.254 e. The van der Waals surface area contributed by atoms with E-state index < -0.39 is 0 Å². The van der Waals surface area contributed by atoms with Crippen LogP contribution in [0.5, 0.6) is 11.5 Å². The minimum Gasteiger partial charge on any atom is -0.493 e. The van der Waals surface area contributed by atoms with Crippen LogP contribution in [-0.2, 0) is 16.2 Å². The van der Waals surface area contributed by atoms with Gasteiger partial charge in [-0.05, 0) is 70.5 Å². The number of allylic oxidation sites excluding steroid dienone is 2. The van der Waals surface area contributed by atoms with E-state index in [4.69, 9.17) is 9.47 Å². The first kappa shape index (κ1) is 21.2. The summed E-state index contributed by atoms with van der Waals surface area (Å²) < 4.78 is 12.4. The summed E-state index contributed by atoms with van der Waals surface area (Å²) >= 11 is 2.19. The Hall–Kier alpha value is -2.68. The van der Waals surface area contributed by atoms with Crippen molar-refractivity contribution in [3.05, 3.63) is 69.3 Å². The fourth-order valence-corrected chi connectivity index (χ4v) is 5.76. The van der Waals surface area contributed by atoms with Crippen LogP contribution >= 0.6 is 22.6 Å². The number of carbonyl (C=O) groups excluding carboxylic acids is 2. The minimum absolute atomic E-state index is 0.156. The number of carbonyl (C=O) groups is 2. The number of fused-ring (bicyclic) bond motifs is 1. The van der Waals surface area contributed by atoms with Crippen molar-refractivity contribution in [2.45, 2.75) is 19.4 Å². The summed E-state index contributed by atoms with van der Waals surface area (Å²) in [7, 11) is 1.59. The topological polar surface area (TPSA) is 68.2 Å². The SMILES string of the molecule is COc1cc(/C=N\N2C(=O)[C@H]3[C@H](C2=O)[C@H]2C=C[C@H]3CC2)cc(I)c1OCc1ccccc1. The first-order valence-electron chi connectivity index (χ1n) is 10.7. The number of rotatable bonds is 6. The molecule has 0 spiro atoms. The predicted molar refractivity (Wildman–Crippen MR) is 128 cm³/mol. The maximum atomic E-state index is 12.9. The van der Waals surface area contributed by atoms with Gasteiger partial charge >= 0.3 is 0 Å². The van der Waals surface area contributed by atoms with Gasteiger partial charge in [-0.3, -0.25) is 9.59 Å². The molecule has 4 aliphatic rings. The van der Waals surface area contributed by atoms with E-state index in [-0.39, 0.29) is 35.5 Å². The van der Waals surface area contributed by atoms with E-state index in [9.17, 15) is 9.59 Å². The lowest BCUT2D eigenvalue weighted by molar-refractivity contribution is -0.140. The van der Waals surface area contributed by atoms with Gasteiger partial charge < -0.3 is 9.47 Å². The average Bonchev–Trinajstić information content (AvgIpc) is 3.10. The number of hydrogen-bond acceptors (Lipinski definition) is 5. The molecule has 4 atom stereocenters. The quantitative estimate of drug-likeness (QED) is 0.235. The summed E-state index contributed by atoms with van der Waals surface area (Å²) in [6, 6.07) is 13.6. The van der Waals surface area contributed by atoms with E-state index in [2.05, 4.69) is 39.8 Å². The van der Waals surface area contributed by atoms with Crippen molar-refractivity contribution in [3.8, 4) is 11.5 Å². The van der Waals surface area contributed by atoms with Crippen molar-refractivity contribution in [1.29, 1.82) is 0 Å². The molecular formula is C25H23IN2O4. The minimum atomic E-state index is -0.258. The molecule has 0 aromatic heterocycles. The number of methoxy groups -OCH3 is 1. The number of hydrogen-bond donors (Lipinski definition) is 0. The zero-order valence-corrected chi connectivity index (χ0v) is 19.8. The molecule has 0 N–H and O–H groups in total. The standard InChI is InChI=1S/C25H23IN2O4/c1-31-20-12-16(11-19(26)23(20)32-14-15-5-3-2-4-6-15)13-27-28-24(29)21-17-7-8-18(10-9-17)22(21)25(28)30/h2-8,11-13,17-18,21-22H,9-10,14H2,1H3/b27-13-/t17-,18-,21+,22+/m0/s1. The maximum Gasteiger partial charge on any atom is 0.254 e. The molecule has 32 heavy (non-hydrogen) atoms. The summed E-state index contributed by atoms with van der Waals surface area (Å²) in [4.78, 5) is 25.9. The van der Waals surface area contributed by atoms with Gasteiger partial charge in [0.15, 0.2) is 11.5 Å². The van der Waals surface area contributed by atoms with Crippen molar-refractivity contribution < 1.29 is 19.1 Å². The summed E-state index contributed by atoms with van der Waals surface area (Å²) in [6.45, 7) is 0.427.